The Morgan fingerprint density at radius 2 is 1.77 bits per heavy atom. The summed E-state index contributed by atoms with van der Waals surface area (Å²) in [6.07, 6.45) is -9.70. The van der Waals surface area contributed by atoms with Gasteiger partial charge in [-0.15, -0.1) is 0 Å². The maximum absolute atomic E-state index is 12.6. The van der Waals surface area contributed by atoms with Crippen LogP contribution in [0.2, 0.25) is 0 Å². The average molecular weight is 384 g/mol. The van der Waals surface area contributed by atoms with E-state index in [9.17, 15) is 31.1 Å². The van der Waals surface area contributed by atoms with E-state index in [1.165, 1.54) is 12.3 Å². The van der Waals surface area contributed by atoms with Gasteiger partial charge < -0.3 is 9.84 Å². The van der Waals surface area contributed by atoms with Crippen LogP contribution in [0.3, 0.4) is 0 Å². The maximum atomic E-state index is 12.6. The lowest BCUT2D eigenvalue weighted by molar-refractivity contribution is -0.373. The van der Waals surface area contributed by atoms with Crippen LogP contribution in [0.25, 0.3) is 5.52 Å². The largest absolute Gasteiger partial charge is 0.488 e. The van der Waals surface area contributed by atoms with Gasteiger partial charge in [0.2, 0.25) is 0 Å². The smallest absolute Gasteiger partial charge is 0.429 e. The summed E-state index contributed by atoms with van der Waals surface area (Å²) in [5, 5.41) is 12.9. The number of pyridine rings is 1. The highest BCUT2D eigenvalue weighted by atomic mass is 19.4. The molecule has 0 radical (unpaired) electrons. The molecule has 2 rings (SSSR count). The van der Waals surface area contributed by atoms with Crippen molar-refractivity contribution in [3.8, 4) is 5.75 Å². The van der Waals surface area contributed by atoms with Gasteiger partial charge in [-0.1, -0.05) is 13.8 Å². The Balaban J connectivity index is 2.28. The molecule has 0 aliphatic carbocycles. The molecule has 0 bridgehead atoms. The SMILES string of the molecule is CC(C)C(=O)c1cnn2cc(OCC(O)(C(F)(F)F)C(F)(F)F)ccc12. The predicted octanol–water partition coefficient (Wildman–Crippen LogP) is 3.41. The molecule has 0 fully saturated rings. The molecular weight excluding hydrogens is 370 g/mol. The van der Waals surface area contributed by atoms with E-state index in [0.29, 0.717) is 5.52 Å². The van der Waals surface area contributed by atoms with Gasteiger partial charge in [0.25, 0.3) is 5.60 Å². The van der Waals surface area contributed by atoms with E-state index in [1.807, 2.05) is 0 Å². The molecule has 0 saturated carbocycles. The van der Waals surface area contributed by atoms with Crippen LogP contribution < -0.4 is 4.74 Å². The van der Waals surface area contributed by atoms with Gasteiger partial charge in [0.1, 0.15) is 12.4 Å². The fourth-order valence-corrected chi connectivity index (χ4v) is 2.06. The van der Waals surface area contributed by atoms with Crippen LogP contribution in [-0.4, -0.2) is 45.1 Å². The summed E-state index contributed by atoms with van der Waals surface area (Å²) in [6.45, 7) is 1.25. The van der Waals surface area contributed by atoms with Crippen molar-refractivity contribution < 1.29 is 41.0 Å². The monoisotopic (exact) mass is 384 g/mol. The number of ether oxygens (including phenoxy) is 1. The molecule has 0 amide bonds. The molecule has 0 atom stereocenters. The molecule has 2 aromatic heterocycles. The van der Waals surface area contributed by atoms with Gasteiger partial charge in [-0.05, 0) is 12.1 Å². The van der Waals surface area contributed by atoms with Crippen molar-refractivity contribution in [3.63, 3.8) is 0 Å². The second kappa shape index (κ2) is 6.45. The number of nitrogens with zero attached hydrogens (tertiary/aromatic N) is 2. The quantitative estimate of drug-likeness (QED) is 0.634. The molecule has 5 nitrogen and oxygen atoms in total. The van der Waals surface area contributed by atoms with Gasteiger partial charge in [-0.2, -0.15) is 31.4 Å². The molecular formula is C15H14F6N2O3. The molecule has 11 heteroatoms. The molecule has 0 saturated heterocycles. The summed E-state index contributed by atoms with van der Waals surface area (Å²) in [4.78, 5) is 12.0. The molecule has 0 aromatic carbocycles. The van der Waals surface area contributed by atoms with E-state index >= 15 is 0 Å². The van der Waals surface area contributed by atoms with Crippen molar-refractivity contribution in [3.05, 3.63) is 30.1 Å². The minimum Gasteiger partial charge on any atom is -0.488 e. The molecule has 2 heterocycles. The fourth-order valence-electron chi connectivity index (χ4n) is 2.06. The van der Waals surface area contributed by atoms with Gasteiger partial charge in [0.15, 0.2) is 5.78 Å². The van der Waals surface area contributed by atoms with Gasteiger partial charge in [-0.3, -0.25) is 4.79 Å². The van der Waals surface area contributed by atoms with Crippen LogP contribution in [0, 0.1) is 5.92 Å². The molecule has 1 N–H and O–H groups in total. The predicted molar refractivity (Wildman–Crippen MR) is 76.9 cm³/mol. The van der Waals surface area contributed by atoms with Gasteiger partial charge in [0, 0.05) is 5.92 Å². The first-order valence-corrected chi connectivity index (χ1v) is 7.28. The Morgan fingerprint density at radius 3 is 2.27 bits per heavy atom. The highest BCUT2D eigenvalue weighted by Crippen LogP contribution is 2.43. The summed E-state index contributed by atoms with van der Waals surface area (Å²) in [7, 11) is 0. The minimum absolute atomic E-state index is 0.225. The van der Waals surface area contributed by atoms with Crippen LogP contribution in [0.1, 0.15) is 24.2 Å². The Hall–Kier alpha value is -2.30. The summed E-state index contributed by atoms with van der Waals surface area (Å²) in [5.74, 6) is -0.944. The number of aliphatic hydroxyl groups is 1. The third kappa shape index (κ3) is 3.48. The number of fused-ring (bicyclic) bond motifs is 1. The molecule has 2 aromatic rings. The molecule has 0 unspecified atom stereocenters. The van der Waals surface area contributed by atoms with E-state index in [4.69, 9.17) is 5.11 Å². The summed E-state index contributed by atoms with van der Waals surface area (Å²) in [5.41, 5.74) is -4.44. The first-order valence-electron chi connectivity index (χ1n) is 7.28. The molecule has 144 valence electrons. The second-order valence-corrected chi connectivity index (χ2v) is 5.92. The maximum Gasteiger partial charge on any atom is 0.429 e. The summed E-state index contributed by atoms with van der Waals surface area (Å²) < 4.78 is 81.3. The fraction of sp³-hybridized carbons (Fsp3) is 0.467. The number of carbonyl (C=O) groups is 1. The highest BCUT2D eigenvalue weighted by molar-refractivity contribution is 6.03. The number of alkyl halides is 6. The zero-order valence-electron chi connectivity index (χ0n) is 13.5. The van der Waals surface area contributed by atoms with E-state index < -0.39 is 30.3 Å². The number of ketones is 1. The van der Waals surface area contributed by atoms with Crippen LogP contribution in [0.5, 0.6) is 5.75 Å². The first-order chi connectivity index (χ1) is 11.8. The first kappa shape index (κ1) is 20.0. The number of aromatic nitrogens is 2. The van der Waals surface area contributed by atoms with Crippen molar-refractivity contribution in [2.45, 2.75) is 31.8 Å². The standard InChI is InChI=1S/C15H14F6N2O3/c1-8(2)12(24)10-5-22-23-6-9(3-4-11(10)23)26-7-13(25,14(16,17)18)15(19,20)21/h3-6,8,25H,7H2,1-2H3. The highest BCUT2D eigenvalue weighted by Gasteiger charge is 2.71. The van der Waals surface area contributed by atoms with Gasteiger partial charge in [-0.25, -0.2) is 4.52 Å². The Labute approximate surface area is 143 Å². The molecule has 26 heavy (non-hydrogen) atoms. The lowest BCUT2D eigenvalue weighted by Gasteiger charge is -2.31. The van der Waals surface area contributed by atoms with Crippen molar-refractivity contribution >= 4 is 11.3 Å². The Kier molecular flexibility index (Phi) is 4.97. The Morgan fingerprint density at radius 1 is 1.19 bits per heavy atom. The van der Waals surface area contributed by atoms with E-state index in [-0.39, 0.29) is 17.3 Å². The summed E-state index contributed by atoms with van der Waals surface area (Å²) in [6, 6.07) is 2.36. The van der Waals surface area contributed by atoms with Crippen LogP contribution in [0.4, 0.5) is 26.3 Å². The number of rotatable bonds is 5. The minimum atomic E-state index is -5.97. The zero-order valence-corrected chi connectivity index (χ0v) is 13.5. The summed E-state index contributed by atoms with van der Waals surface area (Å²) >= 11 is 0. The third-order valence-electron chi connectivity index (χ3n) is 3.66. The van der Waals surface area contributed by atoms with Crippen molar-refractivity contribution in [1.82, 2.24) is 9.61 Å². The lowest BCUT2D eigenvalue weighted by Crippen LogP contribution is -2.60. The van der Waals surface area contributed by atoms with E-state index in [1.54, 1.807) is 13.8 Å². The molecule has 0 aliphatic heterocycles. The number of Topliss-reactive ketones (excluding diaryl/α,β-unsaturated/α-hetero) is 1. The number of hydrogen-bond donors (Lipinski definition) is 1. The Bertz CT molecular complexity index is 796. The average Bonchev–Trinajstić information content (AvgIpc) is 2.92. The van der Waals surface area contributed by atoms with E-state index in [2.05, 4.69) is 9.84 Å². The van der Waals surface area contributed by atoms with Crippen molar-refractivity contribution in [2.75, 3.05) is 6.61 Å². The normalized spacial score (nSPS) is 13.5. The van der Waals surface area contributed by atoms with Crippen LogP contribution in [0.15, 0.2) is 24.5 Å². The lowest BCUT2D eigenvalue weighted by atomic mass is 10.0. The van der Waals surface area contributed by atoms with Crippen molar-refractivity contribution in [2.24, 2.45) is 5.92 Å². The number of hydrogen-bond acceptors (Lipinski definition) is 4. The zero-order chi connectivity index (χ0) is 19.9. The molecule has 0 spiro atoms. The topological polar surface area (TPSA) is 63.8 Å². The third-order valence-corrected chi connectivity index (χ3v) is 3.66. The van der Waals surface area contributed by atoms with Crippen molar-refractivity contribution in [1.29, 1.82) is 0 Å². The number of carbonyl (C=O) groups excluding carboxylic acids is 1. The second-order valence-electron chi connectivity index (χ2n) is 5.92. The van der Waals surface area contributed by atoms with Gasteiger partial charge >= 0.3 is 12.4 Å². The number of halogens is 6. The van der Waals surface area contributed by atoms with Gasteiger partial charge in [0.05, 0.1) is 23.5 Å². The molecule has 0 aliphatic rings. The van der Waals surface area contributed by atoms with Crippen LogP contribution in [-0.2, 0) is 0 Å². The van der Waals surface area contributed by atoms with Crippen LogP contribution >= 0.6 is 0 Å². The van der Waals surface area contributed by atoms with E-state index in [0.717, 1.165) is 16.8 Å².